The molecule has 1 fully saturated rings. The third kappa shape index (κ3) is 5.71. The third-order valence-electron chi connectivity index (χ3n) is 4.60. The molecule has 5 heteroatoms. The van der Waals surface area contributed by atoms with Crippen LogP contribution in [0.4, 0.5) is 4.79 Å². The number of rotatable bonds is 7. The number of carbonyl (C=O) groups excluding carboxylic acids is 1. The topological polar surface area (TPSA) is 44.8 Å². The summed E-state index contributed by atoms with van der Waals surface area (Å²) in [6, 6.07) is 6.20. The van der Waals surface area contributed by atoms with Gasteiger partial charge in [0.05, 0.1) is 6.61 Å². The molecule has 24 heavy (non-hydrogen) atoms. The molecule has 0 unspecified atom stereocenters. The lowest BCUT2D eigenvalue weighted by molar-refractivity contribution is 0.201. The second-order valence-electron chi connectivity index (χ2n) is 7.00. The summed E-state index contributed by atoms with van der Waals surface area (Å²) in [5, 5.41) is 3.04. The van der Waals surface area contributed by atoms with Gasteiger partial charge in [-0.25, -0.2) is 4.79 Å². The van der Waals surface area contributed by atoms with Crippen molar-refractivity contribution in [1.29, 1.82) is 0 Å². The third-order valence-corrected chi connectivity index (χ3v) is 4.60. The van der Waals surface area contributed by atoms with Gasteiger partial charge in [-0.3, -0.25) is 0 Å². The van der Waals surface area contributed by atoms with E-state index >= 15 is 0 Å². The molecule has 0 bridgehead atoms. The quantitative estimate of drug-likeness (QED) is 0.780. The van der Waals surface area contributed by atoms with Gasteiger partial charge in [-0.15, -0.1) is 0 Å². The molecule has 1 aromatic carbocycles. The van der Waals surface area contributed by atoms with Crippen molar-refractivity contribution in [2.24, 2.45) is 5.92 Å². The van der Waals surface area contributed by atoms with Crippen molar-refractivity contribution in [3.63, 3.8) is 0 Å². The molecule has 1 aromatic rings. The highest BCUT2D eigenvalue weighted by Crippen LogP contribution is 2.18. The molecule has 0 saturated carbocycles. The lowest BCUT2D eigenvalue weighted by Crippen LogP contribution is -2.40. The van der Waals surface area contributed by atoms with Gasteiger partial charge >= 0.3 is 6.03 Å². The zero-order valence-corrected chi connectivity index (χ0v) is 15.5. The number of nitrogens with one attached hydrogen (secondary N) is 1. The number of nitrogens with zero attached hydrogens (tertiary/aromatic N) is 2. The van der Waals surface area contributed by atoms with Crippen LogP contribution in [-0.2, 0) is 0 Å². The zero-order valence-electron chi connectivity index (χ0n) is 15.5. The summed E-state index contributed by atoms with van der Waals surface area (Å²) in [6.45, 7) is 8.43. The van der Waals surface area contributed by atoms with Crippen LogP contribution in [0.25, 0.3) is 0 Å². The number of carbonyl (C=O) groups is 1. The number of hydrogen-bond acceptors (Lipinski definition) is 3. The van der Waals surface area contributed by atoms with E-state index < -0.39 is 0 Å². The fourth-order valence-electron chi connectivity index (χ4n) is 3.11. The van der Waals surface area contributed by atoms with Crippen molar-refractivity contribution in [3.8, 4) is 5.75 Å². The van der Waals surface area contributed by atoms with Gasteiger partial charge in [-0.2, -0.15) is 0 Å². The number of hydrogen-bond donors (Lipinski definition) is 1. The first kappa shape index (κ1) is 18.6. The SMILES string of the molecule is Cc1ccc(OCCCN(C)C(=O)NC[C@@H]2CCN(C)C2)c(C)c1. The predicted molar refractivity (Wildman–Crippen MR) is 97.7 cm³/mol. The Morgan fingerprint density at radius 1 is 1.42 bits per heavy atom. The molecule has 1 heterocycles. The molecule has 0 aliphatic carbocycles. The van der Waals surface area contributed by atoms with Crippen molar-refractivity contribution >= 4 is 6.03 Å². The van der Waals surface area contributed by atoms with Crippen LogP contribution >= 0.6 is 0 Å². The number of urea groups is 1. The Bertz CT molecular complexity index is 547. The molecule has 1 atom stereocenters. The van der Waals surface area contributed by atoms with Gasteiger partial charge in [0.25, 0.3) is 0 Å². The highest BCUT2D eigenvalue weighted by molar-refractivity contribution is 5.73. The van der Waals surface area contributed by atoms with Crippen molar-refractivity contribution in [2.75, 3.05) is 46.9 Å². The van der Waals surface area contributed by atoms with E-state index in [0.29, 0.717) is 19.1 Å². The zero-order chi connectivity index (χ0) is 17.5. The van der Waals surface area contributed by atoms with Crippen LogP contribution < -0.4 is 10.1 Å². The molecule has 2 amide bonds. The monoisotopic (exact) mass is 333 g/mol. The van der Waals surface area contributed by atoms with E-state index in [9.17, 15) is 4.79 Å². The van der Waals surface area contributed by atoms with Crippen LogP contribution in [0.1, 0.15) is 24.0 Å². The Balaban J connectivity index is 1.61. The molecule has 1 aliphatic rings. The van der Waals surface area contributed by atoms with Gasteiger partial charge in [0.15, 0.2) is 0 Å². The maximum Gasteiger partial charge on any atom is 0.317 e. The van der Waals surface area contributed by atoms with Crippen molar-refractivity contribution < 1.29 is 9.53 Å². The van der Waals surface area contributed by atoms with Crippen LogP contribution in [0.5, 0.6) is 5.75 Å². The molecule has 1 N–H and O–H groups in total. The minimum Gasteiger partial charge on any atom is -0.493 e. The van der Waals surface area contributed by atoms with E-state index in [1.54, 1.807) is 4.90 Å². The maximum absolute atomic E-state index is 12.1. The predicted octanol–water partition coefficient (Wildman–Crippen LogP) is 2.67. The van der Waals surface area contributed by atoms with E-state index in [2.05, 4.69) is 43.2 Å². The molecule has 1 saturated heterocycles. The summed E-state index contributed by atoms with van der Waals surface area (Å²) in [7, 11) is 3.97. The van der Waals surface area contributed by atoms with E-state index in [1.165, 1.54) is 12.0 Å². The average molecular weight is 333 g/mol. The van der Waals surface area contributed by atoms with Gasteiger partial charge in [0.2, 0.25) is 0 Å². The standard InChI is InChI=1S/C19H31N3O2/c1-15-6-7-18(16(2)12-15)24-11-5-9-22(4)19(23)20-13-17-8-10-21(3)14-17/h6-7,12,17H,5,8-11,13-14H2,1-4H3,(H,20,23)/t17-/m0/s1. The molecule has 0 radical (unpaired) electrons. The summed E-state index contributed by atoms with van der Waals surface area (Å²) in [4.78, 5) is 16.1. The Hall–Kier alpha value is -1.75. The first-order valence-corrected chi connectivity index (χ1v) is 8.83. The second-order valence-corrected chi connectivity index (χ2v) is 7.00. The summed E-state index contributed by atoms with van der Waals surface area (Å²) in [5.74, 6) is 1.51. The molecule has 1 aliphatic heterocycles. The van der Waals surface area contributed by atoms with Gasteiger partial charge in [-0.1, -0.05) is 17.7 Å². The first-order chi connectivity index (χ1) is 11.5. The van der Waals surface area contributed by atoms with Gasteiger partial charge in [-0.05, 0) is 57.8 Å². The highest BCUT2D eigenvalue weighted by atomic mass is 16.5. The Morgan fingerprint density at radius 2 is 2.21 bits per heavy atom. The van der Waals surface area contributed by atoms with E-state index in [0.717, 1.165) is 37.4 Å². The highest BCUT2D eigenvalue weighted by Gasteiger charge is 2.20. The number of benzene rings is 1. The normalized spacial score (nSPS) is 17.8. The van der Waals surface area contributed by atoms with Crippen LogP contribution in [-0.4, -0.2) is 62.7 Å². The van der Waals surface area contributed by atoms with Crippen LogP contribution in [0, 0.1) is 19.8 Å². The molecule has 134 valence electrons. The van der Waals surface area contributed by atoms with E-state index in [1.807, 2.05) is 13.1 Å². The summed E-state index contributed by atoms with van der Waals surface area (Å²) in [5.41, 5.74) is 2.40. The van der Waals surface area contributed by atoms with Crippen LogP contribution in [0.15, 0.2) is 18.2 Å². The minimum absolute atomic E-state index is 0.0102. The average Bonchev–Trinajstić information content (AvgIpc) is 2.96. The number of amides is 2. The fraction of sp³-hybridized carbons (Fsp3) is 0.632. The molecular formula is C19H31N3O2. The van der Waals surface area contributed by atoms with Crippen molar-refractivity contribution in [2.45, 2.75) is 26.7 Å². The minimum atomic E-state index is 0.0102. The Morgan fingerprint density at radius 3 is 2.88 bits per heavy atom. The summed E-state index contributed by atoms with van der Waals surface area (Å²) >= 11 is 0. The Labute approximate surface area is 146 Å². The van der Waals surface area contributed by atoms with Crippen molar-refractivity contribution in [1.82, 2.24) is 15.1 Å². The molecule has 2 rings (SSSR count). The Kier molecular flexibility index (Phi) is 6.91. The van der Waals surface area contributed by atoms with Crippen molar-refractivity contribution in [3.05, 3.63) is 29.3 Å². The second kappa shape index (κ2) is 8.92. The van der Waals surface area contributed by atoms with E-state index in [-0.39, 0.29) is 6.03 Å². The maximum atomic E-state index is 12.1. The molecule has 0 aromatic heterocycles. The lowest BCUT2D eigenvalue weighted by atomic mass is 10.1. The number of aryl methyl sites for hydroxylation is 2. The van der Waals surface area contributed by atoms with Gasteiger partial charge < -0.3 is 19.9 Å². The first-order valence-electron chi connectivity index (χ1n) is 8.83. The van der Waals surface area contributed by atoms with Gasteiger partial charge in [0, 0.05) is 26.7 Å². The van der Waals surface area contributed by atoms with Crippen LogP contribution in [0.3, 0.4) is 0 Å². The largest absolute Gasteiger partial charge is 0.493 e. The summed E-state index contributed by atoms with van der Waals surface area (Å²) in [6.07, 6.45) is 1.99. The fourth-order valence-corrected chi connectivity index (χ4v) is 3.11. The van der Waals surface area contributed by atoms with Crippen LogP contribution in [0.2, 0.25) is 0 Å². The summed E-state index contributed by atoms with van der Waals surface area (Å²) < 4.78 is 5.81. The smallest absolute Gasteiger partial charge is 0.317 e. The molecule has 5 nitrogen and oxygen atoms in total. The van der Waals surface area contributed by atoms with E-state index in [4.69, 9.17) is 4.74 Å². The molecular weight excluding hydrogens is 302 g/mol. The number of likely N-dealkylation sites (tertiary alicyclic amines) is 1. The molecule has 0 spiro atoms. The number of ether oxygens (including phenoxy) is 1. The van der Waals surface area contributed by atoms with Gasteiger partial charge in [0.1, 0.15) is 5.75 Å². The lowest BCUT2D eigenvalue weighted by Gasteiger charge is -2.20.